The van der Waals surface area contributed by atoms with E-state index in [1.165, 1.54) is 19.3 Å². The maximum atomic E-state index is 11.0. The van der Waals surface area contributed by atoms with Crippen LogP contribution in [-0.4, -0.2) is 18.4 Å². The number of hydrogen-bond donors (Lipinski definition) is 0. The van der Waals surface area contributed by atoms with E-state index in [9.17, 15) is 4.79 Å². The van der Waals surface area contributed by atoms with Crippen molar-refractivity contribution in [1.29, 1.82) is 0 Å². The first-order valence-electron chi connectivity index (χ1n) is 5.26. The van der Waals surface area contributed by atoms with E-state index in [1.54, 1.807) is 6.08 Å². The predicted octanol–water partition coefficient (Wildman–Crippen LogP) is 2.66. The molecule has 0 radical (unpaired) electrons. The van der Waals surface area contributed by atoms with Gasteiger partial charge in [-0.3, -0.25) is 0 Å². The van der Waals surface area contributed by atoms with Gasteiger partial charge in [0.25, 0.3) is 0 Å². The smallest absolute Gasteiger partial charge is 0.430 e. The van der Waals surface area contributed by atoms with Crippen LogP contribution in [-0.2, 0) is 9.47 Å². The largest absolute Gasteiger partial charge is 0.509 e. The molecule has 1 saturated carbocycles. The van der Waals surface area contributed by atoms with E-state index >= 15 is 0 Å². The fraction of sp³-hybridized carbons (Fsp3) is 0.727. The third-order valence-electron chi connectivity index (χ3n) is 3.33. The lowest BCUT2D eigenvalue weighted by molar-refractivity contribution is 0.0305. The topological polar surface area (TPSA) is 35.5 Å². The molecule has 0 aromatic rings. The van der Waals surface area contributed by atoms with Crippen molar-refractivity contribution in [2.45, 2.75) is 37.7 Å². The number of ether oxygens (including phenoxy) is 2. The predicted molar refractivity (Wildman–Crippen MR) is 51.9 cm³/mol. The van der Waals surface area contributed by atoms with Gasteiger partial charge in [0.05, 0.1) is 0 Å². The Labute approximate surface area is 84.1 Å². The summed E-state index contributed by atoms with van der Waals surface area (Å²) in [5.74, 6) is 0.403. The monoisotopic (exact) mass is 196 g/mol. The molecular weight excluding hydrogens is 180 g/mol. The molecule has 1 atom stereocenters. The van der Waals surface area contributed by atoms with Gasteiger partial charge in [-0.1, -0.05) is 25.8 Å². The van der Waals surface area contributed by atoms with Crippen LogP contribution in [0.5, 0.6) is 0 Å². The Morgan fingerprint density at radius 3 is 2.57 bits per heavy atom. The van der Waals surface area contributed by atoms with Crippen LogP contribution in [0.1, 0.15) is 32.1 Å². The van der Waals surface area contributed by atoms with Gasteiger partial charge in [0, 0.05) is 5.92 Å². The zero-order chi connectivity index (χ0) is 10.0. The highest BCUT2D eigenvalue weighted by molar-refractivity contribution is 5.63. The van der Waals surface area contributed by atoms with Gasteiger partial charge in [0.1, 0.15) is 6.61 Å². The van der Waals surface area contributed by atoms with Gasteiger partial charge in [-0.25, -0.2) is 4.79 Å². The van der Waals surface area contributed by atoms with Crippen LogP contribution in [0.3, 0.4) is 0 Å². The van der Waals surface area contributed by atoms with Crippen molar-refractivity contribution in [1.82, 2.24) is 0 Å². The molecule has 3 heteroatoms. The van der Waals surface area contributed by atoms with E-state index in [2.05, 4.69) is 6.58 Å². The molecule has 0 aromatic heterocycles. The van der Waals surface area contributed by atoms with Crippen molar-refractivity contribution in [2.75, 3.05) is 6.61 Å². The Morgan fingerprint density at radius 2 is 2.07 bits per heavy atom. The van der Waals surface area contributed by atoms with Crippen LogP contribution < -0.4 is 0 Å². The van der Waals surface area contributed by atoms with Crippen molar-refractivity contribution in [3.05, 3.63) is 12.7 Å². The maximum Gasteiger partial charge on any atom is 0.509 e. The van der Waals surface area contributed by atoms with E-state index in [1.807, 2.05) is 0 Å². The molecule has 2 fully saturated rings. The second-order valence-corrected chi connectivity index (χ2v) is 4.13. The molecule has 14 heavy (non-hydrogen) atoms. The molecule has 1 aliphatic carbocycles. The first kappa shape index (κ1) is 9.56. The molecule has 0 N–H and O–H groups in total. The molecular formula is C11H16O3. The highest BCUT2D eigenvalue weighted by atomic mass is 16.8. The van der Waals surface area contributed by atoms with E-state index in [-0.39, 0.29) is 0 Å². The summed E-state index contributed by atoms with van der Waals surface area (Å²) in [5, 5.41) is 0. The Bertz CT molecular complexity index is 243. The summed E-state index contributed by atoms with van der Waals surface area (Å²) in [7, 11) is 0. The minimum Gasteiger partial charge on any atom is -0.430 e. The van der Waals surface area contributed by atoms with Crippen molar-refractivity contribution < 1.29 is 14.3 Å². The lowest BCUT2D eigenvalue weighted by atomic mass is 9.77. The third-order valence-corrected chi connectivity index (χ3v) is 3.33. The van der Waals surface area contributed by atoms with Gasteiger partial charge in [-0.05, 0) is 18.9 Å². The number of hydrogen-bond acceptors (Lipinski definition) is 3. The van der Waals surface area contributed by atoms with E-state index in [0.29, 0.717) is 12.5 Å². The Morgan fingerprint density at radius 1 is 1.36 bits per heavy atom. The molecule has 0 bridgehead atoms. The second-order valence-electron chi connectivity index (χ2n) is 4.13. The summed E-state index contributed by atoms with van der Waals surface area (Å²) in [5.41, 5.74) is -0.530. The van der Waals surface area contributed by atoms with Gasteiger partial charge in [0.15, 0.2) is 5.60 Å². The zero-order valence-corrected chi connectivity index (χ0v) is 8.33. The summed E-state index contributed by atoms with van der Waals surface area (Å²) in [4.78, 5) is 11.0. The summed E-state index contributed by atoms with van der Waals surface area (Å²) in [6, 6.07) is 0. The van der Waals surface area contributed by atoms with Gasteiger partial charge in [-0.2, -0.15) is 0 Å². The van der Waals surface area contributed by atoms with E-state index in [4.69, 9.17) is 9.47 Å². The van der Waals surface area contributed by atoms with Crippen LogP contribution in [0.2, 0.25) is 0 Å². The lowest BCUT2D eigenvalue weighted by Gasteiger charge is -2.33. The highest BCUT2D eigenvalue weighted by Gasteiger charge is 2.46. The van der Waals surface area contributed by atoms with Crippen molar-refractivity contribution in [2.24, 2.45) is 5.92 Å². The molecule has 1 unspecified atom stereocenters. The van der Waals surface area contributed by atoms with Gasteiger partial charge < -0.3 is 9.47 Å². The zero-order valence-electron chi connectivity index (χ0n) is 8.33. The summed E-state index contributed by atoms with van der Waals surface area (Å²) in [6.07, 6.45) is 7.16. The summed E-state index contributed by atoms with van der Waals surface area (Å²) < 4.78 is 10.1. The van der Waals surface area contributed by atoms with Crippen molar-refractivity contribution in [3.63, 3.8) is 0 Å². The lowest BCUT2D eigenvalue weighted by Crippen LogP contribution is -2.39. The Balaban J connectivity index is 2.10. The molecule has 2 rings (SSSR count). The second kappa shape index (κ2) is 3.64. The normalized spacial score (nSPS) is 33.6. The number of carbonyl (C=O) groups excluding carboxylic acids is 1. The quantitative estimate of drug-likeness (QED) is 0.503. The molecule has 0 amide bonds. The average molecular weight is 196 g/mol. The number of rotatable bonds is 2. The number of cyclic esters (lactones) is 2. The fourth-order valence-corrected chi connectivity index (χ4v) is 2.45. The number of carbonyl (C=O) groups is 1. The van der Waals surface area contributed by atoms with Crippen LogP contribution in [0.15, 0.2) is 12.7 Å². The highest BCUT2D eigenvalue weighted by Crippen LogP contribution is 2.38. The van der Waals surface area contributed by atoms with Crippen LogP contribution in [0.4, 0.5) is 4.79 Å². The summed E-state index contributed by atoms with van der Waals surface area (Å²) in [6.45, 7) is 4.11. The maximum absolute atomic E-state index is 11.0. The van der Waals surface area contributed by atoms with Gasteiger partial charge >= 0.3 is 6.16 Å². The molecule has 0 spiro atoms. The molecule has 3 nitrogen and oxygen atoms in total. The minimum absolute atomic E-state index is 0.347. The molecule has 1 heterocycles. The van der Waals surface area contributed by atoms with Crippen molar-refractivity contribution in [3.8, 4) is 0 Å². The molecule has 2 aliphatic rings. The first-order valence-corrected chi connectivity index (χ1v) is 5.26. The van der Waals surface area contributed by atoms with E-state index < -0.39 is 11.8 Å². The van der Waals surface area contributed by atoms with Crippen molar-refractivity contribution >= 4 is 6.16 Å². The molecule has 78 valence electrons. The molecule has 0 aromatic carbocycles. The Hall–Kier alpha value is -0.990. The minimum atomic E-state index is -0.546. The van der Waals surface area contributed by atoms with Gasteiger partial charge in [0.2, 0.25) is 0 Å². The molecule has 1 aliphatic heterocycles. The standard InChI is InChI=1S/C11H16O3/c1-2-11(8-13-10(12)14-11)9-6-4-3-5-7-9/h2,9H,1,3-8H2. The van der Waals surface area contributed by atoms with Crippen LogP contribution in [0.25, 0.3) is 0 Å². The Kier molecular flexibility index (Phi) is 2.48. The fourth-order valence-electron chi connectivity index (χ4n) is 2.45. The summed E-state index contributed by atoms with van der Waals surface area (Å²) >= 11 is 0. The molecule has 1 saturated heterocycles. The van der Waals surface area contributed by atoms with E-state index in [0.717, 1.165) is 12.8 Å². The average Bonchev–Trinajstić information content (AvgIpc) is 2.63. The first-order chi connectivity index (χ1) is 6.77. The SMILES string of the molecule is C=CC1(C2CCCCC2)COC(=O)O1. The van der Waals surface area contributed by atoms with Crippen LogP contribution >= 0.6 is 0 Å². The van der Waals surface area contributed by atoms with Gasteiger partial charge in [-0.15, -0.1) is 0 Å². The van der Waals surface area contributed by atoms with Crippen LogP contribution in [0, 0.1) is 5.92 Å². The third kappa shape index (κ3) is 1.51.